The molecule has 2 N–H and O–H groups in total. The Hall–Kier alpha value is -1.06. The average Bonchev–Trinajstić information content (AvgIpc) is 2.53. The monoisotopic (exact) mass is 342 g/mol. The van der Waals surface area contributed by atoms with Crippen molar-refractivity contribution >= 4 is 11.9 Å². The maximum atomic E-state index is 10.4. The van der Waals surface area contributed by atoms with Gasteiger partial charge in [0.15, 0.2) is 0 Å². The van der Waals surface area contributed by atoms with Gasteiger partial charge in [0.25, 0.3) is 0 Å². The van der Waals surface area contributed by atoms with Crippen molar-refractivity contribution in [1.82, 2.24) is 0 Å². The van der Waals surface area contributed by atoms with Crippen molar-refractivity contribution in [3.8, 4) is 0 Å². The number of carboxylic acid groups (broad SMARTS) is 2. The fraction of sp³-hybridized carbons (Fsp3) is 0.900. The normalized spacial score (nSPS) is 10.8. The molecular weight excluding hydrogens is 304 g/mol. The lowest BCUT2D eigenvalue weighted by molar-refractivity contribution is -0.138. The number of unbranched alkanes of at least 4 members (excludes halogenated alkanes) is 15. The van der Waals surface area contributed by atoms with Gasteiger partial charge in [0.1, 0.15) is 0 Å². The third-order valence-corrected chi connectivity index (χ3v) is 4.53. The Balaban J connectivity index is 3.00. The van der Waals surface area contributed by atoms with Crippen LogP contribution in [0.3, 0.4) is 0 Å². The summed E-state index contributed by atoms with van der Waals surface area (Å²) in [6.07, 6.45) is 19.9. The van der Waals surface area contributed by atoms with Gasteiger partial charge >= 0.3 is 11.9 Å². The quantitative estimate of drug-likeness (QED) is 0.275. The number of hydrogen-bond donors (Lipinski definition) is 2. The first-order chi connectivity index (χ1) is 11.6. The Labute approximate surface area is 148 Å². The molecule has 0 atom stereocenters. The lowest BCUT2D eigenvalue weighted by atomic mass is 10.0. The van der Waals surface area contributed by atoms with Crippen molar-refractivity contribution in [1.29, 1.82) is 0 Å². The van der Waals surface area contributed by atoms with Crippen LogP contribution in [0.15, 0.2) is 0 Å². The second-order valence-electron chi connectivity index (χ2n) is 6.94. The summed E-state index contributed by atoms with van der Waals surface area (Å²) in [7, 11) is 0. The molecule has 0 saturated carbocycles. The highest BCUT2D eigenvalue weighted by Gasteiger charge is 1.98. The molecule has 0 rings (SSSR count). The molecule has 0 unspecified atom stereocenters. The number of carbonyl (C=O) groups is 2. The van der Waals surface area contributed by atoms with E-state index in [4.69, 9.17) is 10.2 Å². The predicted octanol–water partition coefficient (Wildman–Crippen LogP) is 6.18. The van der Waals surface area contributed by atoms with Crippen LogP contribution in [0.2, 0.25) is 0 Å². The summed E-state index contributed by atoms with van der Waals surface area (Å²) in [5.74, 6) is -1.35. The molecule has 4 nitrogen and oxygen atoms in total. The predicted molar refractivity (Wildman–Crippen MR) is 98.4 cm³/mol. The van der Waals surface area contributed by atoms with Gasteiger partial charge in [-0.3, -0.25) is 9.59 Å². The summed E-state index contributed by atoms with van der Waals surface area (Å²) in [6.45, 7) is 0. The van der Waals surface area contributed by atoms with Crippen LogP contribution in [0.5, 0.6) is 0 Å². The van der Waals surface area contributed by atoms with Crippen LogP contribution in [0.1, 0.15) is 116 Å². The smallest absolute Gasteiger partial charge is 0.303 e. The Bertz CT molecular complexity index is 272. The molecule has 0 heterocycles. The van der Waals surface area contributed by atoms with E-state index in [9.17, 15) is 9.59 Å². The van der Waals surface area contributed by atoms with E-state index in [2.05, 4.69) is 0 Å². The number of carboxylic acids is 2. The summed E-state index contributed by atoms with van der Waals surface area (Å²) >= 11 is 0. The standard InChI is InChI=1S/C20H38O4/c21-19(22)17-15-13-11-9-7-5-3-1-2-4-6-8-10-12-14-16-18-20(23)24/h1-18H2,(H,21,22)(H,23,24). The van der Waals surface area contributed by atoms with Crippen LogP contribution in [0, 0.1) is 0 Å². The van der Waals surface area contributed by atoms with Crippen molar-refractivity contribution in [2.24, 2.45) is 0 Å². The zero-order valence-corrected chi connectivity index (χ0v) is 15.4. The first-order valence-corrected chi connectivity index (χ1v) is 10.1. The Kier molecular flexibility index (Phi) is 17.5. The first-order valence-electron chi connectivity index (χ1n) is 10.1. The molecule has 0 aromatic carbocycles. The molecule has 142 valence electrons. The topological polar surface area (TPSA) is 74.6 Å². The van der Waals surface area contributed by atoms with E-state index < -0.39 is 11.9 Å². The van der Waals surface area contributed by atoms with Crippen LogP contribution in [0.25, 0.3) is 0 Å². The largest absolute Gasteiger partial charge is 0.481 e. The third-order valence-electron chi connectivity index (χ3n) is 4.53. The van der Waals surface area contributed by atoms with Crippen molar-refractivity contribution in [3.05, 3.63) is 0 Å². The minimum atomic E-state index is -0.673. The molecule has 0 aromatic rings. The van der Waals surface area contributed by atoms with Crippen molar-refractivity contribution < 1.29 is 19.8 Å². The van der Waals surface area contributed by atoms with E-state index in [1.165, 1.54) is 77.0 Å². The number of aliphatic carboxylic acids is 2. The molecule has 0 radical (unpaired) electrons. The molecule has 0 spiro atoms. The van der Waals surface area contributed by atoms with E-state index in [1.54, 1.807) is 0 Å². The van der Waals surface area contributed by atoms with E-state index >= 15 is 0 Å². The van der Waals surface area contributed by atoms with Crippen molar-refractivity contribution in [3.63, 3.8) is 0 Å². The van der Waals surface area contributed by atoms with Crippen LogP contribution < -0.4 is 0 Å². The Morgan fingerprint density at radius 2 is 0.542 bits per heavy atom. The highest BCUT2D eigenvalue weighted by Crippen LogP contribution is 2.14. The number of rotatable bonds is 19. The first kappa shape index (κ1) is 22.9. The van der Waals surface area contributed by atoms with Crippen LogP contribution in [0.4, 0.5) is 0 Å². The molecule has 0 fully saturated rings. The van der Waals surface area contributed by atoms with Gasteiger partial charge in [-0.15, -0.1) is 0 Å². The fourth-order valence-corrected chi connectivity index (χ4v) is 3.03. The minimum absolute atomic E-state index is 0.322. The summed E-state index contributed by atoms with van der Waals surface area (Å²) in [4.78, 5) is 20.7. The highest BCUT2D eigenvalue weighted by molar-refractivity contribution is 5.66. The summed E-state index contributed by atoms with van der Waals surface area (Å²) in [6, 6.07) is 0. The van der Waals surface area contributed by atoms with E-state index in [1.807, 2.05) is 0 Å². The molecule has 0 aliphatic rings. The van der Waals surface area contributed by atoms with Gasteiger partial charge in [-0.25, -0.2) is 0 Å². The lowest BCUT2D eigenvalue weighted by Gasteiger charge is -2.03. The molecule has 0 aliphatic heterocycles. The van der Waals surface area contributed by atoms with Gasteiger partial charge < -0.3 is 10.2 Å². The van der Waals surface area contributed by atoms with Gasteiger partial charge in [0.2, 0.25) is 0 Å². The number of hydrogen-bond acceptors (Lipinski definition) is 2. The SMILES string of the molecule is O=C(O)CCCCCCCCCCCCCCCCCCC(=O)O. The summed E-state index contributed by atoms with van der Waals surface area (Å²) < 4.78 is 0. The molecule has 0 aromatic heterocycles. The molecule has 0 aliphatic carbocycles. The Morgan fingerprint density at radius 1 is 0.375 bits per heavy atom. The highest BCUT2D eigenvalue weighted by atomic mass is 16.4. The minimum Gasteiger partial charge on any atom is -0.481 e. The second-order valence-corrected chi connectivity index (χ2v) is 6.94. The zero-order valence-electron chi connectivity index (χ0n) is 15.4. The zero-order chi connectivity index (χ0) is 17.9. The molecule has 24 heavy (non-hydrogen) atoms. The van der Waals surface area contributed by atoms with Gasteiger partial charge in [-0.05, 0) is 12.8 Å². The lowest BCUT2D eigenvalue weighted by Crippen LogP contribution is -1.93. The molecule has 4 heteroatoms. The van der Waals surface area contributed by atoms with Crippen molar-refractivity contribution in [2.75, 3.05) is 0 Å². The summed E-state index contributed by atoms with van der Waals surface area (Å²) in [5, 5.41) is 17.1. The van der Waals surface area contributed by atoms with E-state index in [0.717, 1.165) is 25.7 Å². The van der Waals surface area contributed by atoms with Gasteiger partial charge in [-0.1, -0.05) is 89.9 Å². The third kappa shape index (κ3) is 20.9. The average molecular weight is 343 g/mol. The van der Waals surface area contributed by atoms with Crippen LogP contribution in [-0.4, -0.2) is 22.2 Å². The van der Waals surface area contributed by atoms with Crippen molar-refractivity contribution in [2.45, 2.75) is 116 Å². The second kappa shape index (κ2) is 18.3. The van der Waals surface area contributed by atoms with Gasteiger partial charge in [0, 0.05) is 12.8 Å². The maximum Gasteiger partial charge on any atom is 0.303 e. The summed E-state index contributed by atoms with van der Waals surface area (Å²) in [5.41, 5.74) is 0. The molecule has 0 bridgehead atoms. The maximum absolute atomic E-state index is 10.4. The van der Waals surface area contributed by atoms with Gasteiger partial charge in [0.05, 0.1) is 0 Å². The Morgan fingerprint density at radius 3 is 0.708 bits per heavy atom. The van der Waals surface area contributed by atoms with E-state index in [-0.39, 0.29) is 0 Å². The molecular formula is C20H38O4. The van der Waals surface area contributed by atoms with Crippen LogP contribution in [-0.2, 0) is 9.59 Å². The molecule has 0 saturated heterocycles. The van der Waals surface area contributed by atoms with Crippen LogP contribution >= 0.6 is 0 Å². The molecule has 0 amide bonds. The fourth-order valence-electron chi connectivity index (χ4n) is 3.03. The van der Waals surface area contributed by atoms with E-state index in [0.29, 0.717) is 12.8 Å². The van der Waals surface area contributed by atoms with Gasteiger partial charge in [-0.2, -0.15) is 0 Å².